The Labute approximate surface area is 128 Å². The molecule has 1 aromatic heterocycles. The van der Waals surface area contributed by atoms with Gasteiger partial charge in [0.25, 0.3) is 0 Å². The first kappa shape index (κ1) is 15.7. The highest BCUT2D eigenvalue weighted by atomic mass is 14.9. The molecule has 0 aliphatic carbocycles. The van der Waals surface area contributed by atoms with E-state index in [0.717, 1.165) is 25.2 Å². The fourth-order valence-corrected chi connectivity index (χ4v) is 2.20. The maximum absolute atomic E-state index is 4.74. The second-order valence-corrected chi connectivity index (χ2v) is 6.77. The molecule has 0 radical (unpaired) electrons. The summed E-state index contributed by atoms with van der Waals surface area (Å²) in [7, 11) is 0. The molecule has 0 bridgehead atoms. The third kappa shape index (κ3) is 6.09. The largest absolute Gasteiger partial charge is 0.307 e. The first-order chi connectivity index (χ1) is 10.0. The Kier molecular flexibility index (Phi) is 5.51. The van der Waals surface area contributed by atoms with Gasteiger partial charge in [-0.1, -0.05) is 57.2 Å². The standard InChI is InChI=1S/C19H26N2/c1-19(2,3)13-12-17-10-7-11-18(21-17)15-20-14-16-8-5-4-6-9-16/h4-11,20H,12-15H2,1-3H3. The van der Waals surface area contributed by atoms with Crippen LogP contribution in [0.5, 0.6) is 0 Å². The van der Waals surface area contributed by atoms with Crippen LogP contribution in [0.1, 0.15) is 44.1 Å². The summed E-state index contributed by atoms with van der Waals surface area (Å²) in [6.07, 6.45) is 2.22. The van der Waals surface area contributed by atoms with Crippen LogP contribution in [-0.4, -0.2) is 4.98 Å². The van der Waals surface area contributed by atoms with Crippen molar-refractivity contribution in [1.29, 1.82) is 0 Å². The van der Waals surface area contributed by atoms with E-state index in [4.69, 9.17) is 4.98 Å². The number of nitrogens with zero attached hydrogens (tertiary/aromatic N) is 1. The molecule has 1 heterocycles. The smallest absolute Gasteiger partial charge is 0.0545 e. The Morgan fingerprint density at radius 1 is 0.857 bits per heavy atom. The minimum Gasteiger partial charge on any atom is -0.307 e. The average Bonchev–Trinajstić information content (AvgIpc) is 2.46. The van der Waals surface area contributed by atoms with Crippen LogP contribution in [0.4, 0.5) is 0 Å². The number of nitrogens with one attached hydrogen (secondary N) is 1. The molecule has 112 valence electrons. The van der Waals surface area contributed by atoms with Gasteiger partial charge in [-0.3, -0.25) is 4.98 Å². The lowest BCUT2D eigenvalue weighted by Crippen LogP contribution is -2.14. The van der Waals surface area contributed by atoms with Gasteiger partial charge < -0.3 is 5.32 Å². The van der Waals surface area contributed by atoms with Gasteiger partial charge in [0.15, 0.2) is 0 Å². The monoisotopic (exact) mass is 282 g/mol. The highest BCUT2D eigenvalue weighted by Crippen LogP contribution is 2.20. The van der Waals surface area contributed by atoms with E-state index in [9.17, 15) is 0 Å². The molecule has 2 aromatic rings. The minimum atomic E-state index is 0.364. The maximum Gasteiger partial charge on any atom is 0.0545 e. The van der Waals surface area contributed by atoms with Crippen LogP contribution >= 0.6 is 0 Å². The van der Waals surface area contributed by atoms with E-state index in [0.29, 0.717) is 5.41 Å². The Balaban J connectivity index is 1.83. The van der Waals surface area contributed by atoms with Gasteiger partial charge in [-0.25, -0.2) is 0 Å². The van der Waals surface area contributed by atoms with Gasteiger partial charge in [0.1, 0.15) is 0 Å². The van der Waals surface area contributed by atoms with E-state index >= 15 is 0 Å². The summed E-state index contributed by atoms with van der Waals surface area (Å²) in [4.78, 5) is 4.74. The molecule has 1 N–H and O–H groups in total. The van der Waals surface area contributed by atoms with E-state index in [2.05, 4.69) is 68.6 Å². The second kappa shape index (κ2) is 7.37. The molecule has 0 amide bonds. The van der Waals surface area contributed by atoms with E-state index in [1.807, 2.05) is 6.07 Å². The number of hydrogen-bond donors (Lipinski definition) is 1. The average molecular weight is 282 g/mol. The Morgan fingerprint density at radius 2 is 1.57 bits per heavy atom. The van der Waals surface area contributed by atoms with E-state index in [-0.39, 0.29) is 0 Å². The van der Waals surface area contributed by atoms with Crippen molar-refractivity contribution < 1.29 is 0 Å². The summed E-state index contributed by atoms with van der Waals surface area (Å²) >= 11 is 0. The molecule has 0 aliphatic heterocycles. The molecular weight excluding hydrogens is 256 g/mol. The van der Waals surface area contributed by atoms with Crippen molar-refractivity contribution in [1.82, 2.24) is 10.3 Å². The van der Waals surface area contributed by atoms with Crippen molar-refractivity contribution in [2.45, 2.75) is 46.7 Å². The van der Waals surface area contributed by atoms with Gasteiger partial charge in [-0.2, -0.15) is 0 Å². The Bertz CT molecular complexity index is 541. The van der Waals surface area contributed by atoms with E-state index < -0.39 is 0 Å². The molecule has 1 aromatic carbocycles. The lowest BCUT2D eigenvalue weighted by molar-refractivity contribution is 0.376. The molecule has 0 saturated carbocycles. The third-order valence-corrected chi connectivity index (χ3v) is 3.47. The maximum atomic E-state index is 4.74. The first-order valence-electron chi connectivity index (χ1n) is 7.72. The van der Waals surface area contributed by atoms with Gasteiger partial charge in [0.05, 0.1) is 5.69 Å². The summed E-state index contributed by atoms with van der Waals surface area (Å²) in [6.45, 7) is 8.53. The summed E-state index contributed by atoms with van der Waals surface area (Å²) < 4.78 is 0. The zero-order chi connectivity index (χ0) is 15.1. The second-order valence-electron chi connectivity index (χ2n) is 6.77. The first-order valence-corrected chi connectivity index (χ1v) is 7.72. The van der Waals surface area contributed by atoms with Crippen molar-refractivity contribution in [3.05, 3.63) is 65.5 Å². The minimum absolute atomic E-state index is 0.364. The van der Waals surface area contributed by atoms with E-state index in [1.165, 1.54) is 17.7 Å². The van der Waals surface area contributed by atoms with Crippen LogP contribution in [0.25, 0.3) is 0 Å². The lowest BCUT2D eigenvalue weighted by Gasteiger charge is -2.17. The van der Waals surface area contributed by atoms with Crippen LogP contribution in [0, 0.1) is 5.41 Å². The van der Waals surface area contributed by atoms with Gasteiger partial charge in [0, 0.05) is 18.8 Å². The van der Waals surface area contributed by atoms with Crippen LogP contribution in [0.3, 0.4) is 0 Å². The number of aromatic nitrogens is 1. The number of benzene rings is 1. The zero-order valence-electron chi connectivity index (χ0n) is 13.4. The summed E-state index contributed by atoms with van der Waals surface area (Å²) in [5, 5.41) is 3.46. The molecule has 2 heteroatoms. The van der Waals surface area contributed by atoms with Crippen LogP contribution < -0.4 is 5.32 Å². The van der Waals surface area contributed by atoms with Crippen molar-refractivity contribution in [3.63, 3.8) is 0 Å². The topological polar surface area (TPSA) is 24.9 Å². The quantitative estimate of drug-likeness (QED) is 0.852. The number of hydrogen-bond acceptors (Lipinski definition) is 2. The fraction of sp³-hybridized carbons (Fsp3) is 0.421. The van der Waals surface area contributed by atoms with Crippen molar-refractivity contribution >= 4 is 0 Å². The summed E-state index contributed by atoms with van der Waals surface area (Å²) in [6, 6.07) is 16.8. The molecule has 2 rings (SSSR count). The number of rotatable bonds is 6. The van der Waals surface area contributed by atoms with Crippen molar-refractivity contribution in [2.24, 2.45) is 5.41 Å². The summed E-state index contributed by atoms with van der Waals surface area (Å²) in [5.74, 6) is 0. The molecular formula is C19H26N2. The third-order valence-electron chi connectivity index (χ3n) is 3.47. The number of aryl methyl sites for hydroxylation is 1. The molecule has 0 atom stereocenters. The molecule has 21 heavy (non-hydrogen) atoms. The molecule has 0 unspecified atom stereocenters. The van der Waals surface area contributed by atoms with Gasteiger partial charge in [-0.15, -0.1) is 0 Å². The van der Waals surface area contributed by atoms with Crippen molar-refractivity contribution in [2.75, 3.05) is 0 Å². The van der Waals surface area contributed by atoms with Gasteiger partial charge in [-0.05, 0) is 36.0 Å². The lowest BCUT2D eigenvalue weighted by atomic mass is 9.90. The predicted octanol–water partition coefficient (Wildman–Crippen LogP) is 4.35. The Hall–Kier alpha value is -1.67. The summed E-state index contributed by atoms with van der Waals surface area (Å²) in [5.41, 5.74) is 3.99. The van der Waals surface area contributed by atoms with Gasteiger partial charge >= 0.3 is 0 Å². The molecule has 0 spiro atoms. The SMILES string of the molecule is CC(C)(C)CCc1cccc(CNCc2ccccc2)n1. The predicted molar refractivity (Wildman–Crippen MR) is 89.0 cm³/mol. The molecule has 0 saturated heterocycles. The van der Waals surface area contributed by atoms with Crippen LogP contribution in [0.2, 0.25) is 0 Å². The van der Waals surface area contributed by atoms with Crippen LogP contribution in [0.15, 0.2) is 48.5 Å². The number of pyridine rings is 1. The molecule has 2 nitrogen and oxygen atoms in total. The fourth-order valence-electron chi connectivity index (χ4n) is 2.20. The molecule has 0 fully saturated rings. The van der Waals surface area contributed by atoms with Crippen LogP contribution in [-0.2, 0) is 19.5 Å². The van der Waals surface area contributed by atoms with Gasteiger partial charge in [0.2, 0.25) is 0 Å². The molecule has 0 aliphatic rings. The van der Waals surface area contributed by atoms with E-state index in [1.54, 1.807) is 0 Å². The highest BCUT2D eigenvalue weighted by Gasteiger charge is 2.10. The zero-order valence-corrected chi connectivity index (χ0v) is 13.4. The Morgan fingerprint density at radius 3 is 2.29 bits per heavy atom. The highest BCUT2D eigenvalue weighted by molar-refractivity contribution is 5.15. The normalized spacial score (nSPS) is 11.6. The van der Waals surface area contributed by atoms with Crippen molar-refractivity contribution in [3.8, 4) is 0 Å².